The van der Waals surface area contributed by atoms with Gasteiger partial charge in [0.2, 0.25) is 5.91 Å². The van der Waals surface area contributed by atoms with Gasteiger partial charge in [0.25, 0.3) is 0 Å². The average Bonchev–Trinajstić information content (AvgIpc) is 2.74. The molecule has 4 nitrogen and oxygen atoms in total. The lowest BCUT2D eigenvalue weighted by Crippen LogP contribution is -2.19. The van der Waals surface area contributed by atoms with Gasteiger partial charge in [0, 0.05) is 5.75 Å². The highest BCUT2D eigenvalue weighted by Crippen LogP contribution is 2.16. The van der Waals surface area contributed by atoms with Crippen LogP contribution in [0.15, 0.2) is 71.8 Å². The smallest absolute Gasteiger partial charge is 0.250 e. The van der Waals surface area contributed by atoms with Crippen LogP contribution in [-0.2, 0) is 17.2 Å². The number of thioether (sulfide) groups is 1. The van der Waals surface area contributed by atoms with Crippen LogP contribution >= 0.6 is 11.8 Å². The van der Waals surface area contributed by atoms with Crippen LogP contribution in [0.3, 0.4) is 0 Å². The summed E-state index contributed by atoms with van der Waals surface area (Å²) in [6.07, 6.45) is 1.64. The molecule has 0 heterocycles. The molecule has 0 fully saturated rings. The average molecular weight is 433 g/mol. The van der Waals surface area contributed by atoms with Gasteiger partial charge in [-0.3, -0.25) is 4.79 Å². The second kappa shape index (κ2) is 11.4. The van der Waals surface area contributed by atoms with E-state index in [1.807, 2.05) is 24.3 Å². The lowest BCUT2D eigenvalue weighted by molar-refractivity contribution is -0.118. The summed E-state index contributed by atoms with van der Waals surface area (Å²) in [6.45, 7) is 6.78. The molecule has 1 amide bonds. The molecule has 3 aromatic carbocycles. The van der Waals surface area contributed by atoms with E-state index in [0.717, 1.165) is 22.6 Å². The van der Waals surface area contributed by atoms with Gasteiger partial charge in [-0.25, -0.2) is 5.43 Å². The van der Waals surface area contributed by atoms with Crippen molar-refractivity contribution in [2.75, 3.05) is 5.75 Å². The molecule has 5 heteroatoms. The molecule has 0 saturated carbocycles. The summed E-state index contributed by atoms with van der Waals surface area (Å²) in [7, 11) is 0. The molecule has 0 aliphatic rings. The molecule has 160 valence electrons. The number of carbonyl (C=O) groups excluding carboxylic acids is 1. The molecule has 0 aromatic heterocycles. The van der Waals surface area contributed by atoms with E-state index < -0.39 is 0 Å². The number of benzene rings is 3. The fourth-order valence-electron chi connectivity index (χ4n) is 3.13. The van der Waals surface area contributed by atoms with E-state index in [4.69, 9.17) is 4.74 Å². The highest BCUT2D eigenvalue weighted by atomic mass is 32.2. The monoisotopic (exact) mass is 432 g/mol. The number of rotatable bonds is 9. The number of nitrogens with one attached hydrogen (secondary N) is 1. The molecule has 1 N–H and O–H groups in total. The van der Waals surface area contributed by atoms with Gasteiger partial charge in [-0.2, -0.15) is 5.10 Å². The van der Waals surface area contributed by atoms with Crippen LogP contribution < -0.4 is 10.2 Å². The van der Waals surface area contributed by atoms with Crippen molar-refractivity contribution >= 4 is 23.9 Å². The Morgan fingerprint density at radius 1 is 0.903 bits per heavy atom. The van der Waals surface area contributed by atoms with Gasteiger partial charge in [-0.05, 0) is 61.7 Å². The maximum absolute atomic E-state index is 12.0. The van der Waals surface area contributed by atoms with Crippen LogP contribution in [0.25, 0.3) is 0 Å². The summed E-state index contributed by atoms with van der Waals surface area (Å²) < 4.78 is 5.81. The minimum Gasteiger partial charge on any atom is -0.489 e. The standard InChI is InChI=1S/C26H28N2O2S/c1-19-4-6-23(7-5-19)16-30-25-10-8-22(9-11-25)15-27-28-26(29)18-31-17-24-13-20(2)12-21(3)14-24/h4-15H,16-18H2,1-3H3,(H,28,29)/b27-15+. The first-order valence-corrected chi connectivity index (χ1v) is 11.4. The predicted molar refractivity (Wildman–Crippen MR) is 130 cm³/mol. The van der Waals surface area contributed by atoms with Crippen LogP contribution in [0, 0.1) is 20.8 Å². The number of amides is 1. The van der Waals surface area contributed by atoms with E-state index in [2.05, 4.69) is 73.8 Å². The molecular formula is C26H28N2O2S. The lowest BCUT2D eigenvalue weighted by atomic mass is 10.1. The molecule has 0 spiro atoms. The Morgan fingerprint density at radius 3 is 2.26 bits per heavy atom. The van der Waals surface area contributed by atoms with Crippen molar-refractivity contribution in [2.24, 2.45) is 5.10 Å². The summed E-state index contributed by atoms with van der Waals surface area (Å²) >= 11 is 1.58. The van der Waals surface area contributed by atoms with Gasteiger partial charge in [0.05, 0.1) is 12.0 Å². The Balaban J connectivity index is 1.38. The van der Waals surface area contributed by atoms with Crippen LogP contribution in [-0.4, -0.2) is 17.9 Å². The number of ether oxygens (including phenoxy) is 1. The Bertz CT molecular complexity index is 1010. The van der Waals surface area contributed by atoms with E-state index in [0.29, 0.717) is 12.4 Å². The molecule has 0 saturated heterocycles. The molecule has 0 atom stereocenters. The van der Waals surface area contributed by atoms with Gasteiger partial charge in [0.15, 0.2) is 0 Å². The summed E-state index contributed by atoms with van der Waals surface area (Å²) in [6, 6.07) is 22.4. The third-order valence-electron chi connectivity index (χ3n) is 4.59. The molecule has 0 aliphatic heterocycles. The molecular weight excluding hydrogens is 404 g/mol. The molecule has 0 bridgehead atoms. The molecule has 3 rings (SSSR count). The Morgan fingerprint density at radius 2 is 1.58 bits per heavy atom. The fourth-order valence-corrected chi connectivity index (χ4v) is 3.88. The van der Waals surface area contributed by atoms with Crippen molar-refractivity contribution in [3.63, 3.8) is 0 Å². The lowest BCUT2D eigenvalue weighted by Gasteiger charge is -2.07. The normalized spacial score (nSPS) is 10.9. The Hall–Kier alpha value is -3.05. The van der Waals surface area contributed by atoms with Crippen LogP contribution in [0.2, 0.25) is 0 Å². The number of hydrogen-bond donors (Lipinski definition) is 1. The third kappa shape index (κ3) is 7.95. The van der Waals surface area contributed by atoms with E-state index in [-0.39, 0.29) is 5.91 Å². The van der Waals surface area contributed by atoms with E-state index in [9.17, 15) is 4.79 Å². The summed E-state index contributed by atoms with van der Waals surface area (Å²) in [4.78, 5) is 12.0. The molecule has 0 aliphatic carbocycles. The zero-order chi connectivity index (χ0) is 22.1. The number of hydrogen-bond acceptors (Lipinski definition) is 4. The van der Waals surface area contributed by atoms with Crippen molar-refractivity contribution in [3.8, 4) is 5.75 Å². The minimum absolute atomic E-state index is 0.108. The maximum atomic E-state index is 12.0. The largest absolute Gasteiger partial charge is 0.489 e. The van der Waals surface area contributed by atoms with Crippen LogP contribution in [0.5, 0.6) is 5.75 Å². The number of carbonyl (C=O) groups is 1. The quantitative estimate of drug-likeness (QED) is 0.355. The highest BCUT2D eigenvalue weighted by molar-refractivity contribution is 7.99. The zero-order valence-electron chi connectivity index (χ0n) is 18.2. The first kappa shape index (κ1) is 22.6. The van der Waals surface area contributed by atoms with Crippen LogP contribution in [0.1, 0.15) is 33.4 Å². The summed E-state index contributed by atoms with van der Waals surface area (Å²) in [5.74, 6) is 1.87. The highest BCUT2D eigenvalue weighted by Gasteiger charge is 2.02. The van der Waals surface area contributed by atoms with Gasteiger partial charge in [-0.1, -0.05) is 59.2 Å². The van der Waals surface area contributed by atoms with Gasteiger partial charge in [-0.15, -0.1) is 11.8 Å². The van der Waals surface area contributed by atoms with Crippen molar-refractivity contribution in [1.29, 1.82) is 0 Å². The van der Waals surface area contributed by atoms with E-state index in [1.165, 1.54) is 22.3 Å². The van der Waals surface area contributed by atoms with Gasteiger partial charge < -0.3 is 4.74 Å². The second-order valence-corrected chi connectivity index (χ2v) is 8.61. The van der Waals surface area contributed by atoms with E-state index >= 15 is 0 Å². The SMILES string of the molecule is Cc1ccc(COc2ccc(/C=N/NC(=O)CSCc3cc(C)cc(C)c3)cc2)cc1. The van der Waals surface area contributed by atoms with Crippen molar-refractivity contribution in [1.82, 2.24) is 5.43 Å². The third-order valence-corrected chi connectivity index (χ3v) is 5.60. The molecule has 3 aromatic rings. The van der Waals surface area contributed by atoms with Gasteiger partial charge in [0.1, 0.15) is 12.4 Å². The molecule has 0 radical (unpaired) electrons. The number of aryl methyl sites for hydroxylation is 3. The first-order chi connectivity index (χ1) is 15.0. The summed E-state index contributed by atoms with van der Waals surface area (Å²) in [5.41, 5.74) is 9.58. The predicted octanol–water partition coefficient (Wildman–Crippen LogP) is 5.57. The van der Waals surface area contributed by atoms with E-state index in [1.54, 1.807) is 18.0 Å². The number of hydrazone groups is 1. The Labute approximate surface area is 188 Å². The van der Waals surface area contributed by atoms with Crippen molar-refractivity contribution in [2.45, 2.75) is 33.1 Å². The molecule has 31 heavy (non-hydrogen) atoms. The van der Waals surface area contributed by atoms with Crippen molar-refractivity contribution < 1.29 is 9.53 Å². The first-order valence-electron chi connectivity index (χ1n) is 10.2. The molecule has 0 unspecified atom stereocenters. The minimum atomic E-state index is -0.108. The van der Waals surface area contributed by atoms with Gasteiger partial charge >= 0.3 is 0 Å². The topological polar surface area (TPSA) is 50.7 Å². The fraction of sp³-hybridized carbons (Fsp3) is 0.231. The number of nitrogens with zero attached hydrogens (tertiary/aromatic N) is 1. The summed E-state index contributed by atoms with van der Waals surface area (Å²) in [5, 5.41) is 4.05. The zero-order valence-corrected chi connectivity index (χ0v) is 19.0. The van der Waals surface area contributed by atoms with Crippen molar-refractivity contribution in [3.05, 3.63) is 100 Å². The Kier molecular flexibility index (Phi) is 8.30. The maximum Gasteiger partial charge on any atom is 0.250 e. The van der Waals surface area contributed by atoms with Crippen LogP contribution in [0.4, 0.5) is 0 Å². The second-order valence-electron chi connectivity index (χ2n) is 7.63.